The number of carbonyl (C=O) groups excluding carboxylic acids is 1. The van der Waals surface area contributed by atoms with Crippen LogP contribution in [0.1, 0.15) is 12.5 Å². The van der Waals surface area contributed by atoms with E-state index in [1.807, 2.05) is 32.0 Å². The van der Waals surface area contributed by atoms with Crippen molar-refractivity contribution in [1.29, 1.82) is 0 Å². The fourth-order valence-corrected chi connectivity index (χ4v) is 2.30. The number of morpholine rings is 1. The summed E-state index contributed by atoms with van der Waals surface area (Å²) in [7, 11) is 0. The van der Waals surface area contributed by atoms with Crippen molar-refractivity contribution in [1.82, 2.24) is 5.32 Å². The Morgan fingerprint density at radius 3 is 2.89 bits per heavy atom. The molecule has 1 saturated heterocycles. The summed E-state index contributed by atoms with van der Waals surface area (Å²) in [5, 5.41) is 6.06. The van der Waals surface area contributed by atoms with Crippen LogP contribution in [-0.2, 0) is 9.53 Å². The molecule has 0 bridgehead atoms. The monoisotopic (exact) mass is 348 g/mol. The van der Waals surface area contributed by atoms with Crippen LogP contribution in [0.15, 0.2) is 22.7 Å². The molecule has 1 amide bonds. The second-order valence-corrected chi connectivity index (χ2v) is 5.32. The van der Waals surface area contributed by atoms with Gasteiger partial charge in [0.15, 0.2) is 0 Å². The van der Waals surface area contributed by atoms with Gasteiger partial charge in [0.1, 0.15) is 6.04 Å². The highest BCUT2D eigenvalue weighted by atomic mass is 79.9. The van der Waals surface area contributed by atoms with Crippen LogP contribution in [0.4, 0.5) is 5.69 Å². The van der Waals surface area contributed by atoms with Gasteiger partial charge < -0.3 is 15.4 Å². The number of anilines is 1. The Bertz CT molecular complexity index is 456. The first-order valence-electron chi connectivity index (χ1n) is 6.00. The molecule has 1 heterocycles. The molecule has 6 heteroatoms. The van der Waals surface area contributed by atoms with Crippen LogP contribution >= 0.6 is 28.3 Å². The van der Waals surface area contributed by atoms with Crippen molar-refractivity contribution in [2.45, 2.75) is 26.0 Å². The Balaban J connectivity index is 0.00000180. The molecular formula is C13H18BrClN2O2. The Labute approximate surface area is 127 Å². The maximum atomic E-state index is 12.1. The van der Waals surface area contributed by atoms with Crippen molar-refractivity contribution in [2.24, 2.45) is 0 Å². The summed E-state index contributed by atoms with van der Waals surface area (Å²) >= 11 is 3.45. The molecule has 0 radical (unpaired) electrons. The number of ether oxygens (including phenoxy) is 1. The lowest BCUT2D eigenvalue weighted by Gasteiger charge is -2.29. The third kappa shape index (κ3) is 4.18. The predicted molar refractivity (Wildman–Crippen MR) is 82.0 cm³/mol. The molecule has 1 aromatic carbocycles. The first-order valence-corrected chi connectivity index (χ1v) is 6.79. The topological polar surface area (TPSA) is 50.4 Å². The van der Waals surface area contributed by atoms with E-state index in [4.69, 9.17) is 4.74 Å². The molecule has 1 fully saturated rings. The van der Waals surface area contributed by atoms with Gasteiger partial charge >= 0.3 is 0 Å². The lowest BCUT2D eigenvalue weighted by molar-refractivity contribution is -0.123. The molecule has 1 aliphatic rings. The zero-order valence-corrected chi connectivity index (χ0v) is 13.3. The number of hydrogen-bond donors (Lipinski definition) is 2. The third-order valence-corrected chi connectivity index (χ3v) is 3.89. The molecule has 19 heavy (non-hydrogen) atoms. The summed E-state index contributed by atoms with van der Waals surface area (Å²) < 4.78 is 6.45. The van der Waals surface area contributed by atoms with E-state index in [0.29, 0.717) is 13.2 Å². The van der Waals surface area contributed by atoms with E-state index in [2.05, 4.69) is 26.6 Å². The van der Waals surface area contributed by atoms with Crippen molar-refractivity contribution in [3.8, 4) is 0 Å². The molecule has 0 saturated carbocycles. The van der Waals surface area contributed by atoms with Crippen molar-refractivity contribution >= 4 is 39.9 Å². The molecule has 1 aromatic rings. The Morgan fingerprint density at radius 1 is 1.53 bits per heavy atom. The van der Waals surface area contributed by atoms with Crippen LogP contribution in [0, 0.1) is 6.92 Å². The fraction of sp³-hybridized carbons (Fsp3) is 0.462. The fourth-order valence-electron chi connectivity index (χ4n) is 1.92. The average molecular weight is 350 g/mol. The zero-order valence-electron chi connectivity index (χ0n) is 10.9. The Morgan fingerprint density at radius 2 is 2.26 bits per heavy atom. The second-order valence-electron chi connectivity index (χ2n) is 4.46. The highest BCUT2D eigenvalue weighted by Crippen LogP contribution is 2.21. The minimum atomic E-state index is -0.293. The summed E-state index contributed by atoms with van der Waals surface area (Å²) in [4.78, 5) is 12.1. The van der Waals surface area contributed by atoms with Gasteiger partial charge in [-0.25, -0.2) is 0 Å². The molecule has 1 aliphatic heterocycles. The standard InChI is InChI=1S/C13H17BrN2O2.ClH/c1-8-3-4-10(7-11(8)14)16-13(17)12-9(2)18-6-5-15-12;/h3-4,7,9,12,15H,5-6H2,1-2H3,(H,16,17);1H/t9-,12+;/m1./s1. The summed E-state index contributed by atoms with van der Waals surface area (Å²) in [6, 6.07) is 5.47. The lowest BCUT2D eigenvalue weighted by atomic mass is 10.1. The highest BCUT2D eigenvalue weighted by molar-refractivity contribution is 9.10. The van der Waals surface area contributed by atoms with E-state index in [0.717, 1.165) is 15.7 Å². The van der Waals surface area contributed by atoms with Crippen molar-refractivity contribution < 1.29 is 9.53 Å². The minimum Gasteiger partial charge on any atom is -0.375 e. The summed E-state index contributed by atoms with van der Waals surface area (Å²) in [6.07, 6.45) is -0.104. The molecule has 0 spiro atoms. The zero-order chi connectivity index (χ0) is 13.1. The van der Waals surface area contributed by atoms with Gasteiger partial charge in [-0.15, -0.1) is 12.4 Å². The van der Waals surface area contributed by atoms with Gasteiger partial charge in [-0.05, 0) is 31.5 Å². The third-order valence-electron chi connectivity index (χ3n) is 3.04. The van der Waals surface area contributed by atoms with Gasteiger partial charge in [0, 0.05) is 16.7 Å². The van der Waals surface area contributed by atoms with Gasteiger partial charge in [0.05, 0.1) is 12.7 Å². The molecule has 2 rings (SSSR count). The quantitative estimate of drug-likeness (QED) is 0.862. The molecule has 0 aromatic heterocycles. The number of benzene rings is 1. The minimum absolute atomic E-state index is 0. The van der Waals surface area contributed by atoms with Crippen molar-refractivity contribution in [3.05, 3.63) is 28.2 Å². The molecule has 4 nitrogen and oxygen atoms in total. The van der Waals surface area contributed by atoms with E-state index < -0.39 is 0 Å². The number of halogens is 2. The normalized spacial score (nSPS) is 22.5. The maximum absolute atomic E-state index is 12.1. The molecule has 106 valence electrons. The van der Waals surface area contributed by atoms with Gasteiger partial charge in [-0.1, -0.05) is 22.0 Å². The molecular weight excluding hydrogens is 332 g/mol. The smallest absolute Gasteiger partial charge is 0.244 e. The number of rotatable bonds is 2. The van der Waals surface area contributed by atoms with E-state index >= 15 is 0 Å². The average Bonchev–Trinajstić information content (AvgIpc) is 2.34. The Hall–Kier alpha value is -0.620. The van der Waals surface area contributed by atoms with Crippen molar-refractivity contribution in [3.63, 3.8) is 0 Å². The number of aryl methyl sites for hydroxylation is 1. The largest absolute Gasteiger partial charge is 0.375 e. The number of nitrogens with one attached hydrogen (secondary N) is 2. The van der Waals surface area contributed by atoms with Gasteiger partial charge in [0.2, 0.25) is 5.91 Å². The van der Waals surface area contributed by atoms with Crippen LogP contribution in [0.2, 0.25) is 0 Å². The van der Waals surface area contributed by atoms with E-state index in [9.17, 15) is 4.79 Å². The first kappa shape index (κ1) is 16.4. The summed E-state index contributed by atoms with van der Waals surface area (Å²) in [5.74, 6) is -0.0575. The number of carbonyl (C=O) groups is 1. The highest BCUT2D eigenvalue weighted by Gasteiger charge is 2.28. The van der Waals surface area contributed by atoms with Crippen LogP contribution < -0.4 is 10.6 Å². The first-order chi connectivity index (χ1) is 8.58. The van der Waals surface area contributed by atoms with Gasteiger partial charge in [-0.2, -0.15) is 0 Å². The van der Waals surface area contributed by atoms with E-state index in [-0.39, 0.29) is 30.5 Å². The predicted octanol–water partition coefficient (Wildman–Crippen LogP) is 2.49. The van der Waals surface area contributed by atoms with Crippen LogP contribution in [0.3, 0.4) is 0 Å². The van der Waals surface area contributed by atoms with Crippen LogP contribution in [0.25, 0.3) is 0 Å². The maximum Gasteiger partial charge on any atom is 0.244 e. The number of amides is 1. The lowest BCUT2D eigenvalue weighted by Crippen LogP contribution is -2.53. The van der Waals surface area contributed by atoms with Crippen LogP contribution in [0.5, 0.6) is 0 Å². The molecule has 2 atom stereocenters. The number of hydrogen-bond acceptors (Lipinski definition) is 3. The summed E-state index contributed by atoms with van der Waals surface area (Å²) in [6.45, 7) is 5.27. The second kappa shape index (κ2) is 7.24. The molecule has 2 N–H and O–H groups in total. The summed E-state index contributed by atoms with van der Waals surface area (Å²) in [5.41, 5.74) is 1.93. The molecule has 0 unspecified atom stereocenters. The van der Waals surface area contributed by atoms with E-state index in [1.54, 1.807) is 0 Å². The van der Waals surface area contributed by atoms with Crippen molar-refractivity contribution in [2.75, 3.05) is 18.5 Å². The van der Waals surface area contributed by atoms with Crippen LogP contribution in [-0.4, -0.2) is 31.2 Å². The van der Waals surface area contributed by atoms with E-state index in [1.165, 1.54) is 0 Å². The van der Waals surface area contributed by atoms with Gasteiger partial charge in [0.25, 0.3) is 0 Å². The SMILES string of the molecule is Cc1ccc(NC(=O)[C@H]2NCCO[C@@H]2C)cc1Br.Cl. The molecule has 0 aliphatic carbocycles. The van der Waals surface area contributed by atoms with Gasteiger partial charge in [-0.3, -0.25) is 4.79 Å². The Kier molecular flexibility index (Phi) is 6.26.